The van der Waals surface area contributed by atoms with Gasteiger partial charge in [-0.1, -0.05) is 6.07 Å². The number of aromatic nitrogens is 3. The SMILES string of the molecule is Cn1cncc1C(O)c1cccnc1N. The highest BCUT2D eigenvalue weighted by molar-refractivity contribution is 5.42. The van der Waals surface area contributed by atoms with Crippen molar-refractivity contribution in [1.82, 2.24) is 14.5 Å². The van der Waals surface area contributed by atoms with E-state index in [9.17, 15) is 5.11 Å². The zero-order valence-corrected chi connectivity index (χ0v) is 8.33. The van der Waals surface area contributed by atoms with Gasteiger partial charge in [0.1, 0.15) is 11.9 Å². The molecule has 0 aromatic carbocycles. The number of hydrogen-bond donors (Lipinski definition) is 2. The smallest absolute Gasteiger partial charge is 0.129 e. The van der Waals surface area contributed by atoms with Crippen LogP contribution in [0.25, 0.3) is 0 Å². The van der Waals surface area contributed by atoms with Crippen molar-refractivity contribution in [3.63, 3.8) is 0 Å². The normalized spacial score (nSPS) is 12.7. The Morgan fingerprint density at radius 3 is 2.93 bits per heavy atom. The Bertz CT molecular complexity index is 466. The summed E-state index contributed by atoms with van der Waals surface area (Å²) in [7, 11) is 1.82. The second kappa shape index (κ2) is 3.70. The van der Waals surface area contributed by atoms with Gasteiger partial charge in [0.2, 0.25) is 0 Å². The van der Waals surface area contributed by atoms with E-state index < -0.39 is 6.10 Å². The second-order valence-electron chi connectivity index (χ2n) is 3.31. The summed E-state index contributed by atoms with van der Waals surface area (Å²) in [4.78, 5) is 7.87. The van der Waals surface area contributed by atoms with E-state index in [0.29, 0.717) is 17.1 Å². The summed E-state index contributed by atoms with van der Waals surface area (Å²) in [6.07, 6.45) is 4.04. The highest BCUT2D eigenvalue weighted by Crippen LogP contribution is 2.24. The quantitative estimate of drug-likeness (QED) is 0.745. The molecule has 0 amide bonds. The molecular formula is C10H12N4O. The summed E-state index contributed by atoms with van der Waals surface area (Å²) in [5.74, 6) is 0.339. The highest BCUT2D eigenvalue weighted by atomic mass is 16.3. The predicted octanol–water partition coefficient (Wildman–Crippen LogP) is 0.479. The van der Waals surface area contributed by atoms with Crippen molar-refractivity contribution < 1.29 is 5.11 Å². The number of pyridine rings is 1. The monoisotopic (exact) mass is 204 g/mol. The van der Waals surface area contributed by atoms with Crippen molar-refractivity contribution in [1.29, 1.82) is 0 Å². The van der Waals surface area contributed by atoms with E-state index in [1.807, 2.05) is 7.05 Å². The molecule has 15 heavy (non-hydrogen) atoms. The number of aliphatic hydroxyl groups excluding tert-OH is 1. The second-order valence-corrected chi connectivity index (χ2v) is 3.31. The molecule has 2 rings (SSSR count). The van der Waals surface area contributed by atoms with Gasteiger partial charge in [-0.25, -0.2) is 9.97 Å². The van der Waals surface area contributed by atoms with Crippen LogP contribution in [-0.4, -0.2) is 19.6 Å². The summed E-state index contributed by atoms with van der Waals surface area (Å²) < 4.78 is 1.75. The van der Waals surface area contributed by atoms with Crippen LogP contribution in [0.3, 0.4) is 0 Å². The van der Waals surface area contributed by atoms with Crippen LogP contribution in [-0.2, 0) is 7.05 Å². The third kappa shape index (κ3) is 1.69. The van der Waals surface area contributed by atoms with Crippen molar-refractivity contribution in [2.24, 2.45) is 7.05 Å². The summed E-state index contributed by atoms with van der Waals surface area (Å²) in [6, 6.07) is 3.49. The van der Waals surface area contributed by atoms with Crippen LogP contribution in [0.2, 0.25) is 0 Å². The third-order valence-electron chi connectivity index (χ3n) is 2.30. The molecule has 0 radical (unpaired) electrons. The predicted molar refractivity (Wildman–Crippen MR) is 55.9 cm³/mol. The lowest BCUT2D eigenvalue weighted by atomic mass is 10.1. The van der Waals surface area contributed by atoms with Crippen molar-refractivity contribution in [3.8, 4) is 0 Å². The van der Waals surface area contributed by atoms with E-state index in [2.05, 4.69) is 9.97 Å². The Balaban J connectivity index is 2.41. The van der Waals surface area contributed by atoms with Gasteiger partial charge in [-0.15, -0.1) is 0 Å². The molecule has 2 aromatic heterocycles. The van der Waals surface area contributed by atoms with Gasteiger partial charge in [0.25, 0.3) is 0 Å². The summed E-state index contributed by atoms with van der Waals surface area (Å²) in [5, 5.41) is 10.1. The molecule has 0 fully saturated rings. The Labute approximate surface area is 87.2 Å². The van der Waals surface area contributed by atoms with Gasteiger partial charge in [0, 0.05) is 18.8 Å². The van der Waals surface area contributed by atoms with Gasteiger partial charge in [-0.3, -0.25) is 0 Å². The van der Waals surface area contributed by atoms with E-state index in [0.717, 1.165) is 0 Å². The summed E-state index contributed by atoms with van der Waals surface area (Å²) >= 11 is 0. The number of imidazole rings is 1. The van der Waals surface area contributed by atoms with E-state index in [1.165, 1.54) is 0 Å². The van der Waals surface area contributed by atoms with E-state index in [-0.39, 0.29) is 0 Å². The third-order valence-corrected chi connectivity index (χ3v) is 2.30. The number of hydrogen-bond acceptors (Lipinski definition) is 4. The largest absolute Gasteiger partial charge is 0.383 e. The zero-order chi connectivity index (χ0) is 10.8. The Morgan fingerprint density at radius 1 is 1.53 bits per heavy atom. The molecule has 1 atom stereocenters. The molecule has 0 aliphatic rings. The summed E-state index contributed by atoms with van der Waals surface area (Å²) in [5.41, 5.74) is 6.96. The van der Waals surface area contributed by atoms with E-state index >= 15 is 0 Å². The molecule has 5 nitrogen and oxygen atoms in total. The molecule has 5 heteroatoms. The van der Waals surface area contributed by atoms with Crippen LogP contribution in [0, 0.1) is 0 Å². The van der Waals surface area contributed by atoms with Crippen LogP contribution < -0.4 is 5.73 Å². The lowest BCUT2D eigenvalue weighted by molar-refractivity contribution is 0.212. The number of rotatable bonds is 2. The Morgan fingerprint density at radius 2 is 2.33 bits per heavy atom. The van der Waals surface area contributed by atoms with E-state index in [4.69, 9.17) is 5.73 Å². The Hall–Kier alpha value is -1.88. The maximum atomic E-state index is 10.1. The van der Waals surface area contributed by atoms with Crippen LogP contribution in [0.5, 0.6) is 0 Å². The maximum absolute atomic E-state index is 10.1. The first-order chi connectivity index (χ1) is 7.20. The number of aryl methyl sites for hydroxylation is 1. The fraction of sp³-hybridized carbons (Fsp3) is 0.200. The molecule has 2 aromatic rings. The molecule has 0 saturated carbocycles. The first kappa shape index (κ1) is 9.67. The average molecular weight is 204 g/mol. The summed E-state index contributed by atoms with van der Waals surface area (Å²) in [6.45, 7) is 0. The molecule has 0 aliphatic heterocycles. The van der Waals surface area contributed by atoms with Crippen molar-refractivity contribution in [2.75, 3.05) is 5.73 Å². The first-order valence-corrected chi connectivity index (χ1v) is 4.55. The Kier molecular flexibility index (Phi) is 2.39. The van der Waals surface area contributed by atoms with Gasteiger partial charge in [0.15, 0.2) is 0 Å². The molecule has 0 aliphatic carbocycles. The van der Waals surface area contributed by atoms with Gasteiger partial charge in [-0.05, 0) is 6.07 Å². The molecular weight excluding hydrogens is 192 g/mol. The number of nitrogens with zero attached hydrogens (tertiary/aromatic N) is 3. The zero-order valence-electron chi connectivity index (χ0n) is 8.33. The van der Waals surface area contributed by atoms with Crippen LogP contribution in [0.1, 0.15) is 17.4 Å². The molecule has 2 heterocycles. The van der Waals surface area contributed by atoms with E-state index in [1.54, 1.807) is 35.4 Å². The minimum Gasteiger partial charge on any atom is -0.383 e. The molecule has 3 N–H and O–H groups in total. The fourth-order valence-corrected chi connectivity index (χ4v) is 1.45. The lowest BCUT2D eigenvalue weighted by Gasteiger charge is -2.12. The van der Waals surface area contributed by atoms with Crippen molar-refractivity contribution in [3.05, 3.63) is 42.1 Å². The maximum Gasteiger partial charge on any atom is 0.129 e. The van der Waals surface area contributed by atoms with Crippen LogP contribution in [0.4, 0.5) is 5.82 Å². The van der Waals surface area contributed by atoms with Gasteiger partial charge in [0.05, 0.1) is 18.2 Å². The van der Waals surface area contributed by atoms with Crippen molar-refractivity contribution >= 4 is 5.82 Å². The topological polar surface area (TPSA) is 77.0 Å². The van der Waals surface area contributed by atoms with Gasteiger partial charge in [-0.2, -0.15) is 0 Å². The van der Waals surface area contributed by atoms with Crippen molar-refractivity contribution in [2.45, 2.75) is 6.10 Å². The van der Waals surface area contributed by atoms with Gasteiger partial charge >= 0.3 is 0 Å². The standard InChI is InChI=1S/C10H12N4O/c1-14-6-12-5-8(14)9(15)7-3-2-4-13-10(7)11/h2-6,9,15H,1H3,(H2,11,13). The molecule has 0 saturated heterocycles. The fourth-order valence-electron chi connectivity index (χ4n) is 1.45. The number of aliphatic hydroxyl groups is 1. The number of anilines is 1. The minimum absolute atomic E-state index is 0.339. The van der Waals surface area contributed by atoms with Gasteiger partial charge < -0.3 is 15.4 Å². The lowest BCUT2D eigenvalue weighted by Crippen LogP contribution is -2.08. The van der Waals surface area contributed by atoms with Crippen LogP contribution >= 0.6 is 0 Å². The first-order valence-electron chi connectivity index (χ1n) is 4.55. The average Bonchev–Trinajstić information content (AvgIpc) is 2.64. The molecule has 0 bridgehead atoms. The molecule has 1 unspecified atom stereocenters. The number of nitrogens with two attached hydrogens (primary N) is 1. The highest BCUT2D eigenvalue weighted by Gasteiger charge is 2.16. The molecule has 78 valence electrons. The number of nitrogen functional groups attached to an aromatic ring is 1. The molecule has 0 spiro atoms. The minimum atomic E-state index is -0.786. The van der Waals surface area contributed by atoms with Crippen LogP contribution in [0.15, 0.2) is 30.9 Å².